The zero-order chi connectivity index (χ0) is 13.1. The molecule has 98 valence electrons. The third-order valence-electron chi connectivity index (χ3n) is 3.41. The van der Waals surface area contributed by atoms with Crippen LogP contribution in [0.25, 0.3) is 0 Å². The minimum absolute atomic E-state index is 0.0745. The van der Waals surface area contributed by atoms with Gasteiger partial charge in [-0.05, 0) is 24.7 Å². The van der Waals surface area contributed by atoms with Crippen molar-refractivity contribution in [1.82, 2.24) is 4.90 Å². The Morgan fingerprint density at radius 1 is 1.33 bits per heavy atom. The molecular weight excluding hydrogens is 248 g/mol. The van der Waals surface area contributed by atoms with Crippen molar-refractivity contribution >= 4 is 23.1 Å². The van der Waals surface area contributed by atoms with Crippen molar-refractivity contribution in [3.8, 4) is 0 Å². The topological polar surface area (TPSA) is 56.4 Å². The van der Waals surface area contributed by atoms with Gasteiger partial charge in [-0.25, -0.2) is 0 Å². The molecule has 1 saturated heterocycles. The van der Waals surface area contributed by atoms with Crippen molar-refractivity contribution in [3.63, 3.8) is 0 Å². The lowest BCUT2D eigenvalue weighted by molar-refractivity contribution is 0.271. The summed E-state index contributed by atoms with van der Waals surface area (Å²) in [6.07, 6.45) is 0. The maximum atomic E-state index is 7.65. The van der Waals surface area contributed by atoms with E-state index in [-0.39, 0.29) is 5.84 Å². The summed E-state index contributed by atoms with van der Waals surface area (Å²) in [6, 6.07) is 5.58. The van der Waals surface area contributed by atoms with Gasteiger partial charge in [-0.15, -0.1) is 0 Å². The van der Waals surface area contributed by atoms with Crippen LogP contribution in [-0.4, -0.2) is 43.5 Å². The van der Waals surface area contributed by atoms with Crippen molar-refractivity contribution < 1.29 is 0 Å². The number of benzene rings is 1. The Morgan fingerprint density at radius 3 is 2.56 bits per heavy atom. The van der Waals surface area contributed by atoms with E-state index in [9.17, 15) is 0 Å². The first-order valence-corrected chi connectivity index (χ1v) is 6.61. The highest BCUT2D eigenvalue weighted by Crippen LogP contribution is 2.25. The molecule has 3 N–H and O–H groups in total. The Bertz CT molecular complexity index is 439. The molecule has 0 radical (unpaired) electrons. The summed E-state index contributed by atoms with van der Waals surface area (Å²) in [7, 11) is 0. The molecule has 4 nitrogen and oxygen atoms in total. The predicted octanol–water partition coefficient (Wildman–Crippen LogP) is 1.77. The highest BCUT2D eigenvalue weighted by molar-refractivity contribution is 6.31. The Balaban J connectivity index is 2.21. The summed E-state index contributed by atoms with van der Waals surface area (Å²) < 4.78 is 0. The monoisotopic (exact) mass is 266 g/mol. The van der Waals surface area contributed by atoms with Crippen LogP contribution in [-0.2, 0) is 0 Å². The van der Waals surface area contributed by atoms with Crippen molar-refractivity contribution in [2.45, 2.75) is 6.92 Å². The molecule has 2 rings (SSSR count). The highest BCUT2D eigenvalue weighted by Gasteiger charge is 2.19. The first-order chi connectivity index (χ1) is 8.61. The number of amidine groups is 1. The van der Waals surface area contributed by atoms with Crippen LogP contribution in [0.15, 0.2) is 18.2 Å². The summed E-state index contributed by atoms with van der Waals surface area (Å²) in [4.78, 5) is 4.69. The van der Waals surface area contributed by atoms with Crippen molar-refractivity contribution in [3.05, 3.63) is 28.8 Å². The molecule has 0 aliphatic carbocycles. The molecule has 1 fully saturated rings. The number of likely N-dealkylation sites (N-methyl/N-ethyl adjacent to an activating group) is 1. The van der Waals surface area contributed by atoms with Crippen LogP contribution in [0.4, 0.5) is 5.69 Å². The summed E-state index contributed by atoms with van der Waals surface area (Å²) in [6.45, 7) is 7.31. The van der Waals surface area contributed by atoms with Crippen LogP contribution in [0.1, 0.15) is 12.5 Å². The van der Waals surface area contributed by atoms with Gasteiger partial charge in [-0.2, -0.15) is 0 Å². The van der Waals surface area contributed by atoms with E-state index in [1.807, 2.05) is 12.1 Å². The number of nitrogens with zero attached hydrogens (tertiary/aromatic N) is 2. The van der Waals surface area contributed by atoms with Gasteiger partial charge in [0.1, 0.15) is 5.84 Å². The molecule has 1 heterocycles. The third-order valence-corrected chi connectivity index (χ3v) is 3.64. The minimum Gasteiger partial charge on any atom is -0.384 e. The van der Waals surface area contributed by atoms with Crippen molar-refractivity contribution in [2.75, 3.05) is 37.6 Å². The second kappa shape index (κ2) is 5.59. The summed E-state index contributed by atoms with van der Waals surface area (Å²) in [5, 5.41) is 8.27. The summed E-state index contributed by atoms with van der Waals surface area (Å²) in [5.74, 6) is 0.0745. The molecule has 1 aromatic carbocycles. The van der Waals surface area contributed by atoms with Gasteiger partial charge in [0.05, 0.1) is 0 Å². The number of anilines is 1. The Hall–Kier alpha value is -1.26. The number of nitrogens with two attached hydrogens (primary N) is 1. The van der Waals surface area contributed by atoms with E-state index in [0.717, 1.165) is 44.0 Å². The lowest BCUT2D eigenvalue weighted by Gasteiger charge is -2.36. The van der Waals surface area contributed by atoms with Crippen LogP contribution in [0.3, 0.4) is 0 Å². The molecule has 1 aliphatic rings. The van der Waals surface area contributed by atoms with E-state index >= 15 is 0 Å². The van der Waals surface area contributed by atoms with E-state index in [0.29, 0.717) is 5.02 Å². The zero-order valence-electron chi connectivity index (χ0n) is 10.6. The molecule has 0 atom stereocenters. The smallest absolute Gasteiger partial charge is 0.124 e. The van der Waals surface area contributed by atoms with Gasteiger partial charge >= 0.3 is 0 Å². The number of hydrogen-bond acceptors (Lipinski definition) is 3. The Labute approximate surface area is 113 Å². The highest BCUT2D eigenvalue weighted by atomic mass is 35.5. The first kappa shape index (κ1) is 13.2. The van der Waals surface area contributed by atoms with Crippen molar-refractivity contribution in [1.29, 1.82) is 5.41 Å². The van der Waals surface area contributed by atoms with Crippen LogP contribution < -0.4 is 10.6 Å². The van der Waals surface area contributed by atoms with E-state index in [4.69, 9.17) is 22.7 Å². The van der Waals surface area contributed by atoms with Crippen LogP contribution in [0.5, 0.6) is 0 Å². The number of nitrogen functional groups attached to an aromatic ring is 1. The number of piperazine rings is 1. The second-order valence-corrected chi connectivity index (χ2v) is 4.93. The maximum Gasteiger partial charge on any atom is 0.124 e. The Morgan fingerprint density at radius 2 is 2.00 bits per heavy atom. The van der Waals surface area contributed by atoms with Gasteiger partial charge in [0.2, 0.25) is 0 Å². The van der Waals surface area contributed by atoms with Crippen LogP contribution in [0.2, 0.25) is 5.02 Å². The molecular formula is C13H19ClN4. The van der Waals surface area contributed by atoms with E-state index in [2.05, 4.69) is 16.7 Å². The van der Waals surface area contributed by atoms with Crippen molar-refractivity contribution in [2.24, 2.45) is 5.73 Å². The number of rotatable bonds is 3. The standard InChI is InChI=1S/C13H19ClN4/c1-2-17-5-7-18(8-6-17)12-4-3-10(14)9-11(12)13(15)16/h3-4,9H,2,5-8H2,1H3,(H3,15,16). The molecule has 1 aliphatic heterocycles. The SMILES string of the molecule is CCN1CCN(c2ccc(Cl)cc2C(=N)N)CC1. The maximum absolute atomic E-state index is 7.65. The normalized spacial score (nSPS) is 16.9. The van der Waals surface area contributed by atoms with E-state index < -0.39 is 0 Å². The molecule has 0 saturated carbocycles. The zero-order valence-corrected chi connectivity index (χ0v) is 11.4. The lowest BCUT2D eigenvalue weighted by Crippen LogP contribution is -2.46. The number of hydrogen-bond donors (Lipinski definition) is 2. The van der Waals surface area contributed by atoms with Gasteiger partial charge in [0.25, 0.3) is 0 Å². The third kappa shape index (κ3) is 2.76. The fourth-order valence-corrected chi connectivity index (χ4v) is 2.48. The van der Waals surface area contributed by atoms with Crippen LogP contribution in [0, 0.1) is 5.41 Å². The average molecular weight is 267 g/mol. The summed E-state index contributed by atoms with van der Waals surface area (Å²) >= 11 is 5.97. The molecule has 0 amide bonds. The summed E-state index contributed by atoms with van der Waals surface area (Å²) in [5.41, 5.74) is 7.38. The van der Waals surface area contributed by atoms with Crippen LogP contribution >= 0.6 is 11.6 Å². The quantitative estimate of drug-likeness (QED) is 0.648. The minimum atomic E-state index is 0.0745. The fraction of sp³-hybridized carbons (Fsp3) is 0.462. The Kier molecular flexibility index (Phi) is 4.09. The van der Waals surface area contributed by atoms with Gasteiger partial charge < -0.3 is 15.5 Å². The molecule has 0 bridgehead atoms. The largest absolute Gasteiger partial charge is 0.384 e. The van der Waals surface area contributed by atoms with E-state index in [1.54, 1.807) is 6.07 Å². The van der Waals surface area contributed by atoms with Gasteiger partial charge in [-0.3, -0.25) is 5.41 Å². The average Bonchev–Trinajstić information content (AvgIpc) is 2.39. The van der Waals surface area contributed by atoms with E-state index in [1.165, 1.54) is 0 Å². The molecule has 0 spiro atoms. The molecule has 5 heteroatoms. The second-order valence-electron chi connectivity index (χ2n) is 4.50. The molecule has 0 unspecified atom stereocenters. The van der Waals surface area contributed by atoms with Gasteiger partial charge in [0.15, 0.2) is 0 Å². The fourth-order valence-electron chi connectivity index (χ4n) is 2.30. The van der Waals surface area contributed by atoms with Gasteiger partial charge in [0, 0.05) is 42.5 Å². The predicted molar refractivity (Wildman–Crippen MR) is 76.8 cm³/mol. The first-order valence-electron chi connectivity index (χ1n) is 6.23. The molecule has 18 heavy (non-hydrogen) atoms. The number of halogens is 1. The number of nitrogens with one attached hydrogen (secondary N) is 1. The lowest BCUT2D eigenvalue weighted by atomic mass is 10.1. The molecule has 0 aromatic heterocycles. The van der Waals surface area contributed by atoms with Gasteiger partial charge in [-0.1, -0.05) is 18.5 Å². The molecule has 1 aromatic rings.